The molecule has 0 saturated heterocycles. The predicted molar refractivity (Wildman–Crippen MR) is 98.3 cm³/mol. The third kappa shape index (κ3) is 3.13. The zero-order chi connectivity index (χ0) is 18.1. The zero-order valence-corrected chi connectivity index (χ0v) is 14.9. The van der Waals surface area contributed by atoms with Gasteiger partial charge in [-0.2, -0.15) is 0 Å². The van der Waals surface area contributed by atoms with Gasteiger partial charge >= 0.3 is 5.97 Å². The third-order valence-corrected chi connectivity index (χ3v) is 5.10. The predicted octanol–water partition coefficient (Wildman–Crippen LogP) is 3.15. The monoisotopic (exact) mass is 368 g/mol. The fourth-order valence-electron chi connectivity index (χ4n) is 2.86. The SMILES string of the molecule is CC(=O)N1C[C@@H](C(=O)OCc2nc3ccccc3s2)Oc2ccccc21. The van der Waals surface area contributed by atoms with Gasteiger partial charge in [0, 0.05) is 6.92 Å². The molecule has 26 heavy (non-hydrogen) atoms. The van der Waals surface area contributed by atoms with Crippen LogP contribution in [0, 0.1) is 0 Å². The molecule has 7 heteroatoms. The lowest BCUT2D eigenvalue weighted by Gasteiger charge is -2.33. The van der Waals surface area contributed by atoms with Crippen LogP contribution in [-0.2, 0) is 20.9 Å². The number of nitrogens with zero attached hydrogens (tertiary/aromatic N) is 2. The van der Waals surface area contributed by atoms with Crippen LogP contribution in [0.2, 0.25) is 0 Å². The summed E-state index contributed by atoms with van der Waals surface area (Å²) in [6.45, 7) is 1.68. The van der Waals surface area contributed by atoms with Crippen molar-refractivity contribution in [1.82, 2.24) is 4.98 Å². The molecule has 0 saturated carbocycles. The van der Waals surface area contributed by atoms with Crippen LogP contribution >= 0.6 is 11.3 Å². The number of benzene rings is 2. The number of para-hydroxylation sites is 3. The molecule has 1 amide bonds. The van der Waals surface area contributed by atoms with E-state index in [-0.39, 0.29) is 19.1 Å². The molecule has 0 unspecified atom stereocenters. The van der Waals surface area contributed by atoms with Crippen molar-refractivity contribution in [3.63, 3.8) is 0 Å². The van der Waals surface area contributed by atoms with Crippen LogP contribution < -0.4 is 9.64 Å². The minimum absolute atomic E-state index is 0.0831. The van der Waals surface area contributed by atoms with E-state index in [1.807, 2.05) is 30.3 Å². The molecule has 0 bridgehead atoms. The molecule has 1 atom stereocenters. The van der Waals surface area contributed by atoms with Crippen molar-refractivity contribution >= 4 is 39.1 Å². The number of esters is 1. The number of hydrogen-bond acceptors (Lipinski definition) is 6. The first-order valence-corrected chi connectivity index (χ1v) is 8.98. The lowest BCUT2D eigenvalue weighted by atomic mass is 10.2. The van der Waals surface area contributed by atoms with E-state index in [9.17, 15) is 9.59 Å². The molecule has 132 valence electrons. The summed E-state index contributed by atoms with van der Waals surface area (Å²) in [5.74, 6) is -0.161. The Kier molecular flexibility index (Phi) is 4.30. The van der Waals surface area contributed by atoms with Crippen molar-refractivity contribution in [2.45, 2.75) is 19.6 Å². The third-order valence-electron chi connectivity index (χ3n) is 4.09. The molecule has 0 radical (unpaired) electrons. The largest absolute Gasteiger partial charge is 0.475 e. The van der Waals surface area contributed by atoms with E-state index in [0.29, 0.717) is 11.4 Å². The van der Waals surface area contributed by atoms with Gasteiger partial charge in [0.25, 0.3) is 0 Å². The Balaban J connectivity index is 1.47. The summed E-state index contributed by atoms with van der Waals surface area (Å²) in [7, 11) is 0. The smallest absolute Gasteiger partial charge is 0.349 e. The minimum atomic E-state index is -0.858. The number of carbonyl (C=O) groups excluding carboxylic acids is 2. The number of fused-ring (bicyclic) bond motifs is 2. The Morgan fingerprint density at radius 3 is 2.81 bits per heavy atom. The fraction of sp³-hybridized carbons (Fsp3) is 0.211. The fourth-order valence-corrected chi connectivity index (χ4v) is 3.74. The first kappa shape index (κ1) is 16.5. The first-order valence-electron chi connectivity index (χ1n) is 8.16. The average molecular weight is 368 g/mol. The van der Waals surface area contributed by atoms with E-state index in [0.717, 1.165) is 15.2 Å². The van der Waals surface area contributed by atoms with Gasteiger partial charge in [-0.15, -0.1) is 11.3 Å². The Morgan fingerprint density at radius 2 is 2.00 bits per heavy atom. The molecule has 0 fully saturated rings. The van der Waals surface area contributed by atoms with Crippen molar-refractivity contribution in [3.8, 4) is 5.75 Å². The second-order valence-electron chi connectivity index (χ2n) is 5.89. The second kappa shape index (κ2) is 6.76. The lowest BCUT2D eigenvalue weighted by molar-refractivity contribution is -0.153. The van der Waals surface area contributed by atoms with Gasteiger partial charge in [-0.05, 0) is 24.3 Å². The van der Waals surface area contributed by atoms with E-state index in [4.69, 9.17) is 9.47 Å². The molecule has 0 spiro atoms. The van der Waals surface area contributed by atoms with Crippen LogP contribution in [0.25, 0.3) is 10.2 Å². The normalized spacial score (nSPS) is 16.0. The Bertz CT molecular complexity index is 951. The maximum atomic E-state index is 12.5. The van der Waals surface area contributed by atoms with E-state index in [1.54, 1.807) is 18.2 Å². The van der Waals surface area contributed by atoms with E-state index in [1.165, 1.54) is 23.2 Å². The maximum absolute atomic E-state index is 12.5. The molecule has 1 aromatic heterocycles. The van der Waals surface area contributed by atoms with Crippen molar-refractivity contribution in [3.05, 3.63) is 53.5 Å². The number of hydrogen-bond donors (Lipinski definition) is 0. The Hall–Kier alpha value is -2.93. The zero-order valence-electron chi connectivity index (χ0n) is 14.0. The number of carbonyl (C=O) groups is 2. The van der Waals surface area contributed by atoms with Gasteiger partial charge in [0.2, 0.25) is 12.0 Å². The van der Waals surface area contributed by atoms with Gasteiger partial charge < -0.3 is 14.4 Å². The summed E-state index contributed by atoms with van der Waals surface area (Å²) >= 11 is 1.49. The Labute approximate surface area is 154 Å². The minimum Gasteiger partial charge on any atom is -0.475 e. The summed E-state index contributed by atoms with van der Waals surface area (Å²) in [4.78, 5) is 30.3. The first-order chi connectivity index (χ1) is 12.6. The number of rotatable bonds is 3. The molecule has 6 nitrogen and oxygen atoms in total. The molecule has 0 N–H and O–H groups in total. The number of anilines is 1. The average Bonchev–Trinajstić information content (AvgIpc) is 3.08. The van der Waals surface area contributed by atoms with Crippen molar-refractivity contribution in [2.24, 2.45) is 0 Å². The van der Waals surface area contributed by atoms with Gasteiger partial charge in [0.1, 0.15) is 17.4 Å². The van der Waals surface area contributed by atoms with E-state index >= 15 is 0 Å². The molecule has 0 aliphatic carbocycles. The summed E-state index contributed by atoms with van der Waals surface area (Å²) < 4.78 is 12.2. The lowest BCUT2D eigenvalue weighted by Crippen LogP contribution is -2.47. The molecule has 1 aliphatic rings. The highest BCUT2D eigenvalue weighted by atomic mass is 32.1. The van der Waals surface area contributed by atoms with Crippen LogP contribution in [0.15, 0.2) is 48.5 Å². The molecule has 4 rings (SSSR count). The molecule has 3 aromatic rings. The summed E-state index contributed by atoms with van der Waals surface area (Å²) in [5.41, 5.74) is 1.55. The van der Waals surface area contributed by atoms with Crippen molar-refractivity contribution in [2.75, 3.05) is 11.4 Å². The van der Waals surface area contributed by atoms with Gasteiger partial charge in [0.05, 0.1) is 22.4 Å². The molecule has 2 heterocycles. The quantitative estimate of drug-likeness (QED) is 0.664. The highest BCUT2D eigenvalue weighted by molar-refractivity contribution is 7.18. The highest BCUT2D eigenvalue weighted by Gasteiger charge is 2.33. The molecular weight excluding hydrogens is 352 g/mol. The molecule has 2 aromatic carbocycles. The number of thiazole rings is 1. The number of amides is 1. The van der Waals surface area contributed by atoms with Crippen LogP contribution in [0.3, 0.4) is 0 Å². The second-order valence-corrected chi connectivity index (χ2v) is 7.00. The van der Waals surface area contributed by atoms with Crippen LogP contribution in [0.5, 0.6) is 5.75 Å². The maximum Gasteiger partial charge on any atom is 0.349 e. The molecule has 1 aliphatic heterocycles. The van der Waals surface area contributed by atoms with Crippen molar-refractivity contribution < 1.29 is 19.1 Å². The topological polar surface area (TPSA) is 68.7 Å². The van der Waals surface area contributed by atoms with Gasteiger partial charge in [-0.1, -0.05) is 24.3 Å². The summed E-state index contributed by atoms with van der Waals surface area (Å²) in [6, 6.07) is 14.9. The van der Waals surface area contributed by atoms with Gasteiger partial charge in [-0.3, -0.25) is 4.79 Å². The molecular formula is C19H16N2O4S. The number of ether oxygens (including phenoxy) is 2. The van der Waals surface area contributed by atoms with Crippen LogP contribution in [-0.4, -0.2) is 29.5 Å². The standard InChI is InChI=1S/C19H16N2O4S/c1-12(22)21-10-16(25-15-8-4-3-7-14(15)21)19(23)24-11-18-20-13-6-2-5-9-17(13)26-18/h2-9,16H,10-11H2,1H3/t16-/m0/s1. The van der Waals surface area contributed by atoms with Gasteiger partial charge in [0.15, 0.2) is 0 Å². The van der Waals surface area contributed by atoms with E-state index < -0.39 is 12.1 Å². The van der Waals surface area contributed by atoms with Gasteiger partial charge in [-0.25, -0.2) is 9.78 Å². The van der Waals surface area contributed by atoms with Crippen LogP contribution in [0.4, 0.5) is 5.69 Å². The Morgan fingerprint density at radius 1 is 1.23 bits per heavy atom. The van der Waals surface area contributed by atoms with Crippen molar-refractivity contribution in [1.29, 1.82) is 0 Å². The number of aromatic nitrogens is 1. The summed E-state index contributed by atoms with van der Waals surface area (Å²) in [5, 5.41) is 0.721. The van der Waals surface area contributed by atoms with E-state index in [2.05, 4.69) is 4.98 Å². The summed E-state index contributed by atoms with van der Waals surface area (Å²) in [6.07, 6.45) is -0.858. The van der Waals surface area contributed by atoms with Crippen LogP contribution in [0.1, 0.15) is 11.9 Å². The highest BCUT2D eigenvalue weighted by Crippen LogP contribution is 2.33.